The minimum atomic E-state index is -4.55. The normalized spacial score (nSPS) is 15.0. The van der Waals surface area contributed by atoms with Crippen LogP contribution >= 0.6 is 0 Å². The average molecular weight is 363 g/mol. The van der Waals surface area contributed by atoms with Crippen LogP contribution in [0.2, 0.25) is 0 Å². The maximum Gasteiger partial charge on any atom is 0.416 e. The van der Waals surface area contributed by atoms with E-state index in [0.29, 0.717) is 5.06 Å². The SMILES string of the molecule is CC(C(=O)ON1C(=O)c2ccccc2C1=O)c1cccc(C(F)(F)F)c1. The van der Waals surface area contributed by atoms with Crippen molar-refractivity contribution in [1.82, 2.24) is 5.06 Å². The van der Waals surface area contributed by atoms with Crippen LogP contribution in [0.25, 0.3) is 0 Å². The van der Waals surface area contributed by atoms with Gasteiger partial charge in [-0.3, -0.25) is 9.59 Å². The number of fused-ring (bicyclic) bond motifs is 1. The Bertz CT molecular complexity index is 872. The van der Waals surface area contributed by atoms with E-state index in [9.17, 15) is 27.6 Å². The number of hydroxylamine groups is 2. The van der Waals surface area contributed by atoms with Gasteiger partial charge in [-0.2, -0.15) is 13.2 Å². The molecule has 0 N–H and O–H groups in total. The van der Waals surface area contributed by atoms with Crippen LogP contribution in [0.3, 0.4) is 0 Å². The molecule has 134 valence electrons. The summed E-state index contributed by atoms with van der Waals surface area (Å²) in [5.41, 5.74) is -0.661. The number of nitrogens with zero attached hydrogens (tertiary/aromatic N) is 1. The van der Waals surface area contributed by atoms with Crippen LogP contribution in [0.4, 0.5) is 13.2 Å². The van der Waals surface area contributed by atoms with Gasteiger partial charge in [-0.05, 0) is 30.7 Å². The van der Waals surface area contributed by atoms with E-state index >= 15 is 0 Å². The molecule has 1 aliphatic heterocycles. The molecule has 2 amide bonds. The third-order valence-corrected chi connectivity index (χ3v) is 4.01. The van der Waals surface area contributed by atoms with Gasteiger partial charge >= 0.3 is 12.1 Å². The van der Waals surface area contributed by atoms with Crippen LogP contribution in [0, 0.1) is 0 Å². The highest BCUT2D eigenvalue weighted by Gasteiger charge is 2.39. The third kappa shape index (κ3) is 3.05. The zero-order chi connectivity index (χ0) is 19.1. The summed E-state index contributed by atoms with van der Waals surface area (Å²) in [6.07, 6.45) is -4.55. The lowest BCUT2D eigenvalue weighted by molar-refractivity contribution is -0.170. The number of amides is 2. The predicted molar refractivity (Wildman–Crippen MR) is 82.9 cm³/mol. The van der Waals surface area contributed by atoms with E-state index in [-0.39, 0.29) is 16.7 Å². The molecule has 2 aromatic carbocycles. The second-order valence-corrected chi connectivity index (χ2v) is 5.71. The summed E-state index contributed by atoms with van der Waals surface area (Å²) in [6.45, 7) is 1.33. The first kappa shape index (κ1) is 17.7. The number of imide groups is 1. The topological polar surface area (TPSA) is 63.7 Å². The Morgan fingerprint density at radius 3 is 2.12 bits per heavy atom. The molecule has 0 aliphatic carbocycles. The van der Waals surface area contributed by atoms with Gasteiger partial charge in [0.25, 0.3) is 11.8 Å². The maximum absolute atomic E-state index is 12.8. The highest BCUT2D eigenvalue weighted by Crippen LogP contribution is 2.32. The predicted octanol–water partition coefficient (Wildman–Crippen LogP) is 3.56. The summed E-state index contributed by atoms with van der Waals surface area (Å²) in [5.74, 6) is -3.72. The number of alkyl halides is 3. The van der Waals surface area contributed by atoms with E-state index in [0.717, 1.165) is 12.1 Å². The number of benzene rings is 2. The Hall–Kier alpha value is -3.16. The lowest BCUT2D eigenvalue weighted by Crippen LogP contribution is -2.34. The highest BCUT2D eigenvalue weighted by molar-refractivity contribution is 6.20. The number of carbonyl (C=O) groups is 3. The molecule has 0 saturated heterocycles. The Morgan fingerprint density at radius 1 is 1.00 bits per heavy atom. The fourth-order valence-electron chi connectivity index (χ4n) is 2.54. The monoisotopic (exact) mass is 363 g/mol. The molecule has 26 heavy (non-hydrogen) atoms. The number of rotatable bonds is 3. The van der Waals surface area contributed by atoms with Gasteiger partial charge in [0.1, 0.15) is 0 Å². The van der Waals surface area contributed by atoms with Crippen LogP contribution in [-0.4, -0.2) is 22.8 Å². The minimum absolute atomic E-state index is 0.0569. The molecule has 0 fully saturated rings. The first-order chi connectivity index (χ1) is 12.2. The molecule has 1 aliphatic rings. The van der Waals surface area contributed by atoms with Crippen LogP contribution in [-0.2, 0) is 15.8 Å². The molecular weight excluding hydrogens is 351 g/mol. The van der Waals surface area contributed by atoms with Crippen molar-refractivity contribution in [3.05, 3.63) is 70.8 Å². The van der Waals surface area contributed by atoms with Crippen LogP contribution in [0.15, 0.2) is 48.5 Å². The summed E-state index contributed by atoms with van der Waals surface area (Å²) in [5, 5.41) is 0.330. The summed E-state index contributed by atoms with van der Waals surface area (Å²) in [4.78, 5) is 41.5. The standard InChI is InChI=1S/C18H12F3NO4/c1-10(11-5-4-6-12(9-11)18(19,20)21)17(25)26-22-15(23)13-7-2-3-8-14(13)16(22)24/h2-10H,1H3. The van der Waals surface area contributed by atoms with E-state index < -0.39 is 35.4 Å². The first-order valence-electron chi connectivity index (χ1n) is 7.57. The summed E-state index contributed by atoms with van der Waals surface area (Å²) in [7, 11) is 0. The summed E-state index contributed by atoms with van der Waals surface area (Å²) >= 11 is 0. The molecule has 0 bridgehead atoms. The Morgan fingerprint density at radius 2 is 1.58 bits per heavy atom. The minimum Gasteiger partial charge on any atom is -0.329 e. The molecule has 1 heterocycles. The largest absolute Gasteiger partial charge is 0.416 e. The Kier molecular flexibility index (Phi) is 4.27. The van der Waals surface area contributed by atoms with Gasteiger partial charge in [0.05, 0.1) is 22.6 Å². The number of halogens is 3. The average Bonchev–Trinajstić information content (AvgIpc) is 2.86. The molecule has 1 unspecified atom stereocenters. The molecule has 1 atom stereocenters. The van der Waals surface area contributed by atoms with Crippen molar-refractivity contribution in [3.8, 4) is 0 Å². The lowest BCUT2D eigenvalue weighted by atomic mass is 9.99. The molecule has 0 saturated carbocycles. The van der Waals surface area contributed by atoms with Crippen molar-refractivity contribution in [2.45, 2.75) is 19.0 Å². The van der Waals surface area contributed by atoms with Gasteiger partial charge < -0.3 is 4.84 Å². The van der Waals surface area contributed by atoms with Gasteiger partial charge in [0.15, 0.2) is 0 Å². The van der Waals surface area contributed by atoms with E-state index in [4.69, 9.17) is 4.84 Å². The zero-order valence-electron chi connectivity index (χ0n) is 13.4. The molecule has 2 aromatic rings. The number of hydrogen-bond acceptors (Lipinski definition) is 4. The molecule has 3 rings (SSSR count). The highest BCUT2D eigenvalue weighted by atomic mass is 19.4. The van der Waals surface area contributed by atoms with Gasteiger partial charge in [-0.1, -0.05) is 35.4 Å². The van der Waals surface area contributed by atoms with Gasteiger partial charge in [-0.25, -0.2) is 4.79 Å². The van der Waals surface area contributed by atoms with Crippen molar-refractivity contribution in [2.24, 2.45) is 0 Å². The molecular formula is C18H12F3NO4. The Balaban J connectivity index is 1.79. The molecule has 0 aromatic heterocycles. The van der Waals surface area contributed by atoms with E-state index in [1.54, 1.807) is 12.1 Å². The first-order valence-corrected chi connectivity index (χ1v) is 7.57. The van der Waals surface area contributed by atoms with Crippen molar-refractivity contribution in [2.75, 3.05) is 0 Å². The van der Waals surface area contributed by atoms with Crippen molar-refractivity contribution in [1.29, 1.82) is 0 Å². The summed E-state index contributed by atoms with van der Waals surface area (Å²) < 4.78 is 38.4. The maximum atomic E-state index is 12.8. The van der Waals surface area contributed by atoms with Crippen LogP contribution in [0.5, 0.6) is 0 Å². The smallest absolute Gasteiger partial charge is 0.329 e. The quantitative estimate of drug-likeness (QED) is 0.783. The fourth-order valence-corrected chi connectivity index (χ4v) is 2.54. The Labute approximate surface area is 145 Å². The molecule has 8 heteroatoms. The number of hydrogen-bond donors (Lipinski definition) is 0. The number of carbonyl (C=O) groups excluding carboxylic acids is 3. The summed E-state index contributed by atoms with van der Waals surface area (Å²) in [6, 6.07) is 10.2. The lowest BCUT2D eigenvalue weighted by Gasteiger charge is -2.17. The van der Waals surface area contributed by atoms with E-state index in [2.05, 4.69) is 0 Å². The third-order valence-electron chi connectivity index (χ3n) is 4.01. The van der Waals surface area contributed by atoms with Crippen molar-refractivity contribution < 1.29 is 32.4 Å². The van der Waals surface area contributed by atoms with Crippen molar-refractivity contribution in [3.63, 3.8) is 0 Å². The molecule has 0 spiro atoms. The molecule has 0 radical (unpaired) electrons. The van der Waals surface area contributed by atoms with Gasteiger partial charge in [-0.15, -0.1) is 0 Å². The van der Waals surface area contributed by atoms with E-state index in [1.807, 2.05) is 0 Å². The second kappa shape index (κ2) is 6.29. The fraction of sp³-hybridized carbons (Fsp3) is 0.167. The second-order valence-electron chi connectivity index (χ2n) is 5.71. The van der Waals surface area contributed by atoms with Gasteiger partial charge in [0.2, 0.25) is 0 Å². The van der Waals surface area contributed by atoms with Crippen LogP contribution < -0.4 is 0 Å². The van der Waals surface area contributed by atoms with Gasteiger partial charge in [0, 0.05) is 0 Å². The molecule has 5 nitrogen and oxygen atoms in total. The van der Waals surface area contributed by atoms with Crippen LogP contribution in [0.1, 0.15) is 44.7 Å². The van der Waals surface area contributed by atoms with Crippen molar-refractivity contribution >= 4 is 17.8 Å². The van der Waals surface area contributed by atoms with E-state index in [1.165, 1.54) is 31.2 Å². The zero-order valence-corrected chi connectivity index (χ0v) is 13.4.